The number of carboxylic acids is 1. The van der Waals surface area contributed by atoms with Crippen LogP contribution in [0.5, 0.6) is 11.5 Å². The van der Waals surface area contributed by atoms with Gasteiger partial charge in [-0.3, -0.25) is 4.79 Å². The smallest absolute Gasteiger partial charge is 0.331 e. The number of ether oxygens (including phenoxy) is 12. The van der Waals surface area contributed by atoms with Gasteiger partial charge in [0.05, 0.1) is 50.7 Å². The zero-order chi connectivity index (χ0) is 69.0. The maximum atomic E-state index is 13.4. The molecule has 13 N–H and O–H groups in total. The highest BCUT2D eigenvalue weighted by Crippen LogP contribution is 2.76. The molecular weight excluding hydrogens is 1250 g/mol. The van der Waals surface area contributed by atoms with Crippen molar-refractivity contribution in [1.29, 1.82) is 0 Å². The molecule has 5 saturated heterocycles. The molecular formula is C68H102O27. The first-order valence-corrected chi connectivity index (χ1v) is 33.7. The molecule has 5 aliphatic heterocycles. The van der Waals surface area contributed by atoms with Crippen LogP contribution in [0.1, 0.15) is 132 Å². The summed E-state index contributed by atoms with van der Waals surface area (Å²) < 4.78 is 71.3. The summed E-state index contributed by atoms with van der Waals surface area (Å²) >= 11 is 0. The Bertz CT molecular complexity index is 2950. The number of hydrogen-bond acceptors (Lipinski definition) is 26. The second-order valence-electron chi connectivity index (χ2n) is 30.9. The van der Waals surface area contributed by atoms with E-state index in [0.29, 0.717) is 30.7 Å². The van der Waals surface area contributed by atoms with E-state index >= 15 is 0 Å². The minimum atomic E-state index is -2.03. The van der Waals surface area contributed by atoms with Crippen molar-refractivity contribution in [3.05, 3.63) is 41.5 Å². The van der Waals surface area contributed by atoms with Crippen molar-refractivity contribution in [2.24, 2.45) is 50.2 Å². The predicted octanol–water partition coefficient (Wildman–Crippen LogP) is 1.67. The fraction of sp³-hybridized carbons (Fsp3) is 0.824. The second-order valence-corrected chi connectivity index (χ2v) is 30.9. The second kappa shape index (κ2) is 27.4. The standard InChI is InChI=1S/C68H102O27/c1-30-44(72)49(77)52(80)57(88-30)86-28-38-47(75)50(78)56(93-43(71)16-12-32-11-14-37(84-10)35(69)25-32)61(90-38)91-39-29-87-58(51(79)48(39)76)94-54-45(73)31(2)89-59(53(54)81)95-55-46(74)36(70)27-85-60(55)92-42-18-19-65(7)40(64(42,5)6)17-20-67(9)41(65)15-13-33-34-26-63(3,4)21-23-68(34,62(82)83)24-22-66(33,67)8/h11-14,16,25,30-31,34,36,38-42,44-61,69-70,72-81H,15,17-24,26-29H2,1-10H3,(H,82,83)/t30-,31-,34-,36-,38+,39+,40-,41+,42-,44-,45-,46-,47+,48+,49+,50-,51+,52+,53+,54+,55+,56+,57+,58-,59-,60-,61-,65-,66+,67+,68-/m0/s1. The van der Waals surface area contributed by atoms with Crippen molar-refractivity contribution in [2.45, 2.75) is 274 Å². The quantitative estimate of drug-likeness (QED) is 0.0484. The maximum absolute atomic E-state index is 13.4. The van der Waals surface area contributed by atoms with E-state index in [1.165, 1.54) is 50.8 Å². The van der Waals surface area contributed by atoms with Gasteiger partial charge < -0.3 is 123 Å². The molecule has 5 aliphatic carbocycles. The molecule has 27 heteroatoms. The molecule has 5 heterocycles. The lowest BCUT2D eigenvalue weighted by Gasteiger charge is -2.71. The summed E-state index contributed by atoms with van der Waals surface area (Å²) in [5.41, 5.74) is 0.137. The molecule has 1 aromatic carbocycles. The van der Waals surface area contributed by atoms with Gasteiger partial charge in [0, 0.05) is 6.08 Å². The molecule has 536 valence electrons. The zero-order valence-corrected chi connectivity index (χ0v) is 55.8. The molecule has 0 radical (unpaired) electrons. The van der Waals surface area contributed by atoms with E-state index in [0.717, 1.165) is 51.0 Å². The van der Waals surface area contributed by atoms with E-state index in [1.54, 1.807) is 0 Å². The van der Waals surface area contributed by atoms with Gasteiger partial charge in [-0.05, 0) is 147 Å². The van der Waals surface area contributed by atoms with Crippen LogP contribution in [0.3, 0.4) is 0 Å². The Kier molecular flexibility index (Phi) is 20.9. The van der Waals surface area contributed by atoms with Crippen LogP contribution in [-0.2, 0) is 61.7 Å². The highest BCUT2D eigenvalue weighted by molar-refractivity contribution is 5.87. The van der Waals surface area contributed by atoms with Gasteiger partial charge in [0.15, 0.2) is 49.1 Å². The number of aliphatic carboxylic acids is 1. The van der Waals surface area contributed by atoms with Gasteiger partial charge in [-0.15, -0.1) is 0 Å². The number of carboxylic acid groups (broad SMARTS) is 1. The Morgan fingerprint density at radius 1 is 0.621 bits per heavy atom. The number of phenols is 1. The lowest BCUT2D eigenvalue weighted by atomic mass is 9.33. The number of methoxy groups -OCH3 is 1. The molecule has 0 amide bonds. The van der Waals surface area contributed by atoms with Crippen LogP contribution in [0, 0.1) is 50.2 Å². The number of carbonyl (C=O) groups is 2. The molecule has 95 heavy (non-hydrogen) atoms. The number of rotatable bonds is 16. The monoisotopic (exact) mass is 1350 g/mol. The van der Waals surface area contributed by atoms with Crippen LogP contribution in [0.15, 0.2) is 35.9 Å². The first-order chi connectivity index (χ1) is 44.6. The summed E-state index contributed by atoms with van der Waals surface area (Å²) in [5, 5.41) is 145. The number of fused-ring (bicyclic) bond motifs is 7. The third-order valence-electron chi connectivity index (χ3n) is 24.6. The van der Waals surface area contributed by atoms with Crippen LogP contribution in [0.25, 0.3) is 6.08 Å². The van der Waals surface area contributed by atoms with Crippen molar-refractivity contribution in [1.82, 2.24) is 0 Å². The van der Waals surface area contributed by atoms with Gasteiger partial charge in [0.2, 0.25) is 0 Å². The van der Waals surface area contributed by atoms with Crippen LogP contribution >= 0.6 is 0 Å². The first kappa shape index (κ1) is 72.6. The summed E-state index contributed by atoms with van der Waals surface area (Å²) in [6.45, 7) is 17.6. The van der Waals surface area contributed by atoms with Gasteiger partial charge in [0.1, 0.15) is 91.6 Å². The first-order valence-electron chi connectivity index (χ1n) is 33.7. The molecule has 0 spiro atoms. The molecule has 4 saturated carbocycles. The van der Waals surface area contributed by atoms with Gasteiger partial charge >= 0.3 is 11.9 Å². The Morgan fingerprint density at radius 3 is 2.00 bits per heavy atom. The molecule has 10 aliphatic rings. The van der Waals surface area contributed by atoms with Gasteiger partial charge in [-0.2, -0.15) is 0 Å². The van der Waals surface area contributed by atoms with Crippen molar-refractivity contribution in [2.75, 3.05) is 26.9 Å². The normalized spacial score (nSPS) is 48.9. The molecule has 1 aromatic rings. The number of phenolic OH excluding ortho intramolecular Hbond substituents is 1. The lowest BCUT2D eigenvalue weighted by molar-refractivity contribution is -0.383. The highest BCUT2D eigenvalue weighted by atomic mass is 16.8. The van der Waals surface area contributed by atoms with Gasteiger partial charge in [-0.1, -0.05) is 66.2 Å². The van der Waals surface area contributed by atoms with Crippen molar-refractivity contribution >= 4 is 18.0 Å². The van der Waals surface area contributed by atoms with Crippen LogP contribution < -0.4 is 4.74 Å². The average molecular weight is 1350 g/mol. The molecule has 0 bridgehead atoms. The van der Waals surface area contributed by atoms with E-state index in [9.17, 15) is 76.0 Å². The van der Waals surface area contributed by atoms with Crippen molar-refractivity contribution in [3.63, 3.8) is 0 Å². The number of hydrogen-bond donors (Lipinski definition) is 13. The maximum Gasteiger partial charge on any atom is 0.331 e. The van der Waals surface area contributed by atoms with Crippen LogP contribution in [0.4, 0.5) is 0 Å². The Balaban J connectivity index is 0.751. The molecule has 0 aromatic heterocycles. The molecule has 11 rings (SSSR count). The number of aliphatic hydroxyl groups is 11. The summed E-state index contributed by atoms with van der Waals surface area (Å²) in [7, 11) is 1.36. The van der Waals surface area contributed by atoms with E-state index in [2.05, 4.69) is 54.5 Å². The summed E-state index contributed by atoms with van der Waals surface area (Å²) in [6.07, 6.45) is -25.7. The highest BCUT2D eigenvalue weighted by Gasteiger charge is 2.70. The van der Waals surface area contributed by atoms with E-state index in [-0.39, 0.29) is 51.6 Å². The summed E-state index contributed by atoms with van der Waals surface area (Å²) in [5.74, 6) is -1.36. The topological polar surface area (TPSA) is 408 Å². The largest absolute Gasteiger partial charge is 0.504 e. The number of benzene rings is 1. The third-order valence-corrected chi connectivity index (χ3v) is 24.6. The predicted molar refractivity (Wildman–Crippen MR) is 329 cm³/mol. The Hall–Kier alpha value is -3.60. The van der Waals surface area contributed by atoms with Crippen molar-refractivity contribution in [3.8, 4) is 11.5 Å². The number of carbonyl (C=O) groups excluding carboxylic acids is 1. The average Bonchev–Trinajstić information content (AvgIpc) is 0.683. The SMILES string of the molecule is COc1ccc(C=CC(=O)O[C@H]2[C@H](O[C@@H]3CO[C@@H](O[C@@H]4[C@@H](O)[C@H](C)O[C@@H](O[C@H]5[C@H](O[C@H]6CC[C@]7(C)[C@H]8CC=C9[C@@H]%10CC(C)(C)CC[C@]%10(C(=O)O)CC[C@@]9(C)[C@]8(C)CC[C@H]7C6(C)C)OC[C@H](O)[C@@H]5O)[C@@H]4O)[C@H](O)[C@@H]3O)O[C@H](CO[C@@H]3O[C@@H](C)[C@H](O)[C@@H](O)[C@H]3O)[C@@H](O)[C@@H]2O)cc1O. The zero-order valence-electron chi connectivity index (χ0n) is 55.8. The van der Waals surface area contributed by atoms with Gasteiger partial charge in [0.25, 0.3) is 0 Å². The fourth-order valence-corrected chi connectivity index (χ4v) is 18.6. The molecule has 31 atom stereocenters. The van der Waals surface area contributed by atoms with Crippen LogP contribution in [0.2, 0.25) is 0 Å². The van der Waals surface area contributed by atoms with Crippen molar-refractivity contribution < 1.29 is 133 Å². The number of aliphatic hydroxyl groups excluding tert-OH is 11. The van der Waals surface area contributed by atoms with Crippen LogP contribution in [-0.4, -0.2) is 253 Å². The Morgan fingerprint density at radius 2 is 1.29 bits per heavy atom. The summed E-state index contributed by atoms with van der Waals surface area (Å²) in [6, 6.07) is 4.27. The lowest BCUT2D eigenvalue weighted by Crippen LogP contribution is -2.66. The Labute approximate surface area is 553 Å². The molecule has 9 fully saturated rings. The van der Waals surface area contributed by atoms with E-state index in [1.807, 2.05) is 0 Å². The van der Waals surface area contributed by atoms with Gasteiger partial charge in [-0.25, -0.2) is 4.79 Å². The van der Waals surface area contributed by atoms with E-state index < -0.39 is 183 Å². The minimum absolute atomic E-state index is 0.0101. The number of esters is 1. The number of aromatic hydroxyl groups is 1. The van der Waals surface area contributed by atoms with E-state index in [4.69, 9.17) is 56.8 Å². The summed E-state index contributed by atoms with van der Waals surface area (Å²) in [4.78, 5) is 26.6. The number of allylic oxidation sites excluding steroid dienone is 2. The third kappa shape index (κ3) is 13.1. The molecule has 0 unspecified atom stereocenters. The minimum Gasteiger partial charge on any atom is -0.504 e. The fourth-order valence-electron chi connectivity index (χ4n) is 18.6. The molecule has 27 nitrogen and oxygen atoms in total.